The van der Waals surface area contributed by atoms with Crippen LogP contribution in [0, 0.1) is 6.92 Å². The van der Waals surface area contributed by atoms with Gasteiger partial charge in [0, 0.05) is 30.3 Å². The molecule has 0 radical (unpaired) electrons. The number of phenolic OH excluding ortho intramolecular Hbond substituents is 1. The molecule has 186 valence electrons. The molecule has 1 saturated heterocycles. The molecule has 1 aliphatic rings. The van der Waals surface area contributed by atoms with Crippen molar-refractivity contribution in [2.45, 2.75) is 36.1 Å². The maximum absolute atomic E-state index is 13.1. The molecule has 0 bridgehead atoms. The minimum absolute atomic E-state index is 0.00855. The van der Waals surface area contributed by atoms with Gasteiger partial charge in [0.05, 0.1) is 10.6 Å². The van der Waals surface area contributed by atoms with Gasteiger partial charge >= 0.3 is 0 Å². The van der Waals surface area contributed by atoms with Crippen LogP contribution in [0.15, 0.2) is 70.5 Å². The van der Waals surface area contributed by atoms with Crippen LogP contribution >= 0.6 is 11.6 Å². The Labute approximate surface area is 210 Å². The van der Waals surface area contributed by atoms with Gasteiger partial charge in [0.2, 0.25) is 10.0 Å². The molecular formula is C24H26ClN3O5S2. The van der Waals surface area contributed by atoms with Gasteiger partial charge in [-0.15, -0.1) is 0 Å². The molecule has 0 amide bonds. The number of sulfonamides is 2. The van der Waals surface area contributed by atoms with Crippen molar-refractivity contribution in [3.63, 3.8) is 0 Å². The third-order valence-corrected chi connectivity index (χ3v) is 9.14. The van der Waals surface area contributed by atoms with Gasteiger partial charge < -0.3 is 10.0 Å². The Balaban J connectivity index is 1.59. The van der Waals surface area contributed by atoms with Crippen LogP contribution in [0.25, 0.3) is 0 Å². The number of anilines is 2. The van der Waals surface area contributed by atoms with E-state index in [1.807, 2.05) is 24.3 Å². The highest BCUT2D eigenvalue weighted by atomic mass is 35.5. The molecule has 1 aliphatic heterocycles. The molecular weight excluding hydrogens is 510 g/mol. The summed E-state index contributed by atoms with van der Waals surface area (Å²) in [5.41, 5.74) is 2.54. The van der Waals surface area contributed by atoms with Crippen molar-refractivity contribution < 1.29 is 21.9 Å². The molecule has 4 rings (SSSR count). The summed E-state index contributed by atoms with van der Waals surface area (Å²) in [6.07, 6.45) is 2.16. The first-order valence-corrected chi connectivity index (χ1v) is 14.4. The molecule has 0 spiro atoms. The third-order valence-electron chi connectivity index (χ3n) is 5.93. The number of halogens is 1. The van der Waals surface area contributed by atoms with Gasteiger partial charge in [-0.25, -0.2) is 21.6 Å². The summed E-state index contributed by atoms with van der Waals surface area (Å²) in [5.74, 6) is -0.553. The molecule has 1 fully saturated rings. The first kappa shape index (κ1) is 25.3. The lowest BCUT2D eigenvalue weighted by molar-refractivity contribution is 0.457. The number of hydrogen-bond donors (Lipinski definition) is 3. The minimum atomic E-state index is -4.23. The van der Waals surface area contributed by atoms with Crippen molar-refractivity contribution in [3.05, 3.63) is 76.8 Å². The van der Waals surface area contributed by atoms with Gasteiger partial charge in [0.1, 0.15) is 10.6 Å². The topological polar surface area (TPSA) is 116 Å². The molecule has 0 saturated carbocycles. The summed E-state index contributed by atoms with van der Waals surface area (Å²) >= 11 is 6.07. The quantitative estimate of drug-likeness (QED) is 0.397. The summed E-state index contributed by atoms with van der Waals surface area (Å²) in [7, 11) is -8.39. The van der Waals surface area contributed by atoms with Crippen LogP contribution in [0.2, 0.25) is 5.02 Å². The van der Waals surface area contributed by atoms with Crippen LogP contribution in [0.5, 0.6) is 5.75 Å². The lowest BCUT2D eigenvalue weighted by Crippen LogP contribution is -2.26. The van der Waals surface area contributed by atoms with E-state index in [4.69, 9.17) is 11.6 Å². The molecule has 0 aromatic heterocycles. The lowest BCUT2D eigenvalue weighted by atomic mass is 10.1. The summed E-state index contributed by atoms with van der Waals surface area (Å²) in [4.78, 5) is 1.37. The normalized spacial score (nSPS) is 14.3. The maximum atomic E-state index is 13.1. The Morgan fingerprint density at radius 1 is 0.943 bits per heavy atom. The molecule has 11 heteroatoms. The van der Waals surface area contributed by atoms with Gasteiger partial charge in [-0.3, -0.25) is 4.72 Å². The summed E-state index contributed by atoms with van der Waals surface area (Å²) in [5, 5.41) is 10.7. The average Bonchev–Trinajstić information content (AvgIpc) is 3.36. The zero-order valence-corrected chi connectivity index (χ0v) is 21.4. The number of aromatic hydroxyl groups is 1. The van der Waals surface area contributed by atoms with Crippen LogP contribution in [0.3, 0.4) is 0 Å². The summed E-state index contributed by atoms with van der Waals surface area (Å²) in [6.45, 7) is 3.47. The fraction of sp³-hybridized carbons (Fsp3) is 0.250. The standard InChI is InChI=1S/C24H26ClN3O5S2/c1-17-20(25)8-6-9-21(17)27-34(30,31)19-11-12-23(29)24(15-19)35(32,33)26-16-18-7-2-3-10-22(18)28-13-4-5-14-28/h2-3,6-12,15,26-27,29H,4-5,13-14,16H2,1H3. The van der Waals surface area contributed by atoms with Crippen LogP contribution in [0.4, 0.5) is 11.4 Å². The second-order valence-corrected chi connectivity index (χ2v) is 12.1. The highest BCUT2D eigenvalue weighted by Gasteiger charge is 2.25. The maximum Gasteiger partial charge on any atom is 0.261 e. The zero-order valence-electron chi connectivity index (χ0n) is 19.0. The molecule has 3 N–H and O–H groups in total. The van der Waals surface area contributed by atoms with Crippen LogP contribution in [-0.2, 0) is 26.6 Å². The van der Waals surface area contributed by atoms with Gasteiger partial charge in [-0.05, 0) is 67.3 Å². The molecule has 3 aromatic rings. The predicted molar refractivity (Wildman–Crippen MR) is 137 cm³/mol. The largest absolute Gasteiger partial charge is 0.507 e. The van der Waals surface area contributed by atoms with Crippen molar-refractivity contribution in [1.82, 2.24) is 4.72 Å². The monoisotopic (exact) mass is 535 g/mol. The van der Waals surface area contributed by atoms with E-state index in [2.05, 4.69) is 14.3 Å². The molecule has 0 aliphatic carbocycles. The van der Waals surface area contributed by atoms with Crippen LogP contribution in [0.1, 0.15) is 24.0 Å². The van der Waals surface area contributed by atoms with Gasteiger partial charge in [0.25, 0.3) is 10.0 Å². The van der Waals surface area contributed by atoms with E-state index in [9.17, 15) is 21.9 Å². The third kappa shape index (κ3) is 5.56. The Morgan fingerprint density at radius 3 is 2.40 bits per heavy atom. The van der Waals surface area contributed by atoms with Crippen LogP contribution < -0.4 is 14.3 Å². The number of rotatable bonds is 8. The second kappa shape index (κ2) is 10.1. The van der Waals surface area contributed by atoms with Crippen molar-refractivity contribution in [2.24, 2.45) is 0 Å². The highest BCUT2D eigenvalue weighted by Crippen LogP contribution is 2.30. The first-order chi connectivity index (χ1) is 16.6. The average molecular weight is 536 g/mol. The summed E-state index contributed by atoms with van der Waals surface area (Å²) < 4.78 is 57.0. The molecule has 0 atom stereocenters. The predicted octanol–water partition coefficient (Wildman–Crippen LogP) is 4.23. The minimum Gasteiger partial charge on any atom is -0.507 e. The van der Waals surface area contributed by atoms with Crippen LogP contribution in [-0.4, -0.2) is 35.0 Å². The SMILES string of the molecule is Cc1c(Cl)cccc1NS(=O)(=O)c1ccc(O)c(S(=O)(=O)NCc2ccccc2N2CCCC2)c1. The number of para-hydroxylation sites is 1. The number of hydrogen-bond acceptors (Lipinski definition) is 6. The van der Waals surface area contributed by atoms with Crippen molar-refractivity contribution in [2.75, 3.05) is 22.7 Å². The molecule has 1 heterocycles. The fourth-order valence-corrected chi connectivity index (χ4v) is 6.50. The molecule has 35 heavy (non-hydrogen) atoms. The van der Waals surface area contributed by atoms with E-state index < -0.39 is 30.7 Å². The second-order valence-electron chi connectivity index (χ2n) is 8.29. The van der Waals surface area contributed by atoms with E-state index in [1.165, 1.54) is 0 Å². The van der Waals surface area contributed by atoms with E-state index in [0.717, 1.165) is 55.4 Å². The van der Waals surface area contributed by atoms with Gasteiger partial charge in [-0.2, -0.15) is 0 Å². The fourth-order valence-electron chi connectivity index (χ4n) is 3.98. The Hall–Kier alpha value is -2.79. The first-order valence-electron chi connectivity index (χ1n) is 11.0. The van der Waals surface area contributed by atoms with E-state index >= 15 is 0 Å². The molecule has 0 unspecified atom stereocenters. The zero-order chi connectivity index (χ0) is 25.2. The van der Waals surface area contributed by atoms with Crippen molar-refractivity contribution in [1.29, 1.82) is 0 Å². The number of phenols is 1. The summed E-state index contributed by atoms with van der Waals surface area (Å²) in [6, 6.07) is 15.4. The van der Waals surface area contributed by atoms with Crippen molar-refractivity contribution in [3.8, 4) is 5.75 Å². The number of nitrogens with zero attached hydrogens (tertiary/aromatic N) is 1. The lowest BCUT2D eigenvalue weighted by Gasteiger charge is -2.21. The Bertz CT molecular complexity index is 1450. The van der Waals surface area contributed by atoms with Gasteiger partial charge in [0.15, 0.2) is 0 Å². The molecule has 8 nitrogen and oxygen atoms in total. The molecule has 3 aromatic carbocycles. The van der Waals surface area contributed by atoms with Crippen molar-refractivity contribution >= 4 is 43.0 Å². The highest BCUT2D eigenvalue weighted by molar-refractivity contribution is 7.93. The van der Waals surface area contributed by atoms with E-state index in [0.29, 0.717) is 10.6 Å². The Morgan fingerprint density at radius 2 is 1.66 bits per heavy atom. The van der Waals surface area contributed by atoms with E-state index in [1.54, 1.807) is 25.1 Å². The van der Waals surface area contributed by atoms with E-state index in [-0.39, 0.29) is 17.1 Å². The smallest absolute Gasteiger partial charge is 0.261 e. The van der Waals surface area contributed by atoms with Gasteiger partial charge in [-0.1, -0.05) is 35.9 Å². The Kier molecular flexibility index (Phi) is 7.27. The number of nitrogens with one attached hydrogen (secondary N) is 2. The number of benzene rings is 3.